The van der Waals surface area contributed by atoms with Crippen LogP contribution in [0.4, 0.5) is 5.82 Å². The maximum atomic E-state index is 11.5. The number of anilines is 1. The van der Waals surface area contributed by atoms with Gasteiger partial charge in [-0.05, 0) is 30.2 Å². The van der Waals surface area contributed by atoms with Gasteiger partial charge in [-0.1, -0.05) is 26.0 Å². The van der Waals surface area contributed by atoms with Crippen molar-refractivity contribution in [3.05, 3.63) is 36.4 Å². The molecule has 2 aromatic rings. The topological polar surface area (TPSA) is 75.2 Å². The van der Waals surface area contributed by atoms with Crippen LogP contribution in [-0.4, -0.2) is 50.5 Å². The predicted octanol–water partition coefficient (Wildman–Crippen LogP) is 1.98. The monoisotopic (exact) mass is 360 g/mol. The summed E-state index contributed by atoms with van der Waals surface area (Å²) in [5.41, 5.74) is 1.59. The van der Waals surface area contributed by atoms with Crippen LogP contribution in [0.3, 0.4) is 0 Å². The number of nitrogens with one attached hydrogen (secondary N) is 1. The highest BCUT2D eigenvalue weighted by molar-refractivity contribution is 7.90. The fourth-order valence-electron chi connectivity index (χ4n) is 2.95. The number of hydrogen-bond donors (Lipinski definition) is 1. The highest BCUT2D eigenvalue weighted by Crippen LogP contribution is 2.21. The molecule has 1 aliphatic rings. The SMILES string of the molecule is CC(C)[C@H]1CN(c2ccc(-c3ccc(S(C)(=O)=O)cc3)nn2)CCN1. The van der Waals surface area contributed by atoms with Crippen molar-refractivity contribution >= 4 is 15.7 Å². The Kier molecular flexibility index (Phi) is 5.06. The van der Waals surface area contributed by atoms with E-state index < -0.39 is 9.84 Å². The van der Waals surface area contributed by atoms with E-state index in [-0.39, 0.29) is 0 Å². The largest absolute Gasteiger partial charge is 0.352 e. The van der Waals surface area contributed by atoms with Gasteiger partial charge in [-0.2, -0.15) is 0 Å². The van der Waals surface area contributed by atoms with E-state index in [2.05, 4.69) is 34.3 Å². The molecule has 3 rings (SSSR count). The Morgan fingerprint density at radius 3 is 2.40 bits per heavy atom. The van der Waals surface area contributed by atoms with Crippen molar-refractivity contribution in [3.63, 3.8) is 0 Å². The highest BCUT2D eigenvalue weighted by Gasteiger charge is 2.22. The third kappa shape index (κ3) is 4.16. The van der Waals surface area contributed by atoms with Crippen LogP contribution in [0.15, 0.2) is 41.3 Å². The van der Waals surface area contributed by atoms with Crippen molar-refractivity contribution in [2.24, 2.45) is 5.92 Å². The van der Waals surface area contributed by atoms with Crippen molar-refractivity contribution in [1.29, 1.82) is 0 Å². The highest BCUT2D eigenvalue weighted by atomic mass is 32.2. The first-order valence-corrected chi connectivity index (χ1v) is 10.4. The molecule has 1 N–H and O–H groups in total. The van der Waals surface area contributed by atoms with Crippen LogP contribution in [0, 0.1) is 5.92 Å². The predicted molar refractivity (Wildman–Crippen MR) is 99.4 cm³/mol. The summed E-state index contributed by atoms with van der Waals surface area (Å²) < 4.78 is 23.1. The number of aromatic nitrogens is 2. The molecule has 0 spiro atoms. The first-order valence-electron chi connectivity index (χ1n) is 8.47. The van der Waals surface area contributed by atoms with Gasteiger partial charge in [0.15, 0.2) is 15.7 Å². The summed E-state index contributed by atoms with van der Waals surface area (Å²) in [6.45, 7) is 7.22. The lowest BCUT2D eigenvalue weighted by Crippen LogP contribution is -2.53. The Bertz CT molecular complexity index is 817. The number of rotatable bonds is 4. The van der Waals surface area contributed by atoms with E-state index in [0.29, 0.717) is 16.9 Å². The zero-order valence-corrected chi connectivity index (χ0v) is 15.6. The summed E-state index contributed by atoms with van der Waals surface area (Å²) in [6.07, 6.45) is 1.20. The maximum absolute atomic E-state index is 11.5. The Morgan fingerprint density at radius 1 is 1.12 bits per heavy atom. The molecule has 1 aromatic carbocycles. The Balaban J connectivity index is 1.76. The van der Waals surface area contributed by atoms with E-state index in [0.717, 1.165) is 36.7 Å². The molecule has 1 aliphatic heterocycles. The average molecular weight is 360 g/mol. The second kappa shape index (κ2) is 7.09. The number of nitrogens with zero attached hydrogens (tertiary/aromatic N) is 3. The van der Waals surface area contributed by atoms with E-state index in [1.165, 1.54) is 6.26 Å². The lowest BCUT2D eigenvalue weighted by Gasteiger charge is -2.36. The molecule has 1 atom stereocenters. The zero-order chi connectivity index (χ0) is 18.0. The summed E-state index contributed by atoms with van der Waals surface area (Å²) in [5.74, 6) is 1.45. The van der Waals surface area contributed by atoms with Crippen molar-refractivity contribution < 1.29 is 8.42 Å². The number of benzene rings is 1. The zero-order valence-electron chi connectivity index (χ0n) is 14.8. The smallest absolute Gasteiger partial charge is 0.175 e. The van der Waals surface area contributed by atoms with Gasteiger partial charge in [0.25, 0.3) is 0 Å². The molecule has 25 heavy (non-hydrogen) atoms. The molecule has 134 valence electrons. The molecule has 1 saturated heterocycles. The van der Waals surface area contributed by atoms with Gasteiger partial charge >= 0.3 is 0 Å². The van der Waals surface area contributed by atoms with Gasteiger partial charge in [0.1, 0.15) is 0 Å². The molecule has 0 aliphatic carbocycles. The standard InChI is InChI=1S/C18H24N4O2S/c1-13(2)17-12-22(11-10-19-17)18-9-8-16(20-21-18)14-4-6-15(7-5-14)25(3,23)24/h4-9,13,17,19H,10-12H2,1-3H3/t17-/m1/s1. The van der Waals surface area contributed by atoms with E-state index in [1.807, 2.05) is 12.1 Å². The lowest BCUT2D eigenvalue weighted by molar-refractivity contribution is 0.367. The van der Waals surface area contributed by atoms with Crippen LogP contribution in [0.2, 0.25) is 0 Å². The van der Waals surface area contributed by atoms with Gasteiger partial charge in [0.05, 0.1) is 10.6 Å². The first-order chi connectivity index (χ1) is 11.8. The van der Waals surface area contributed by atoms with Crippen molar-refractivity contribution in [2.75, 3.05) is 30.8 Å². The van der Waals surface area contributed by atoms with Gasteiger partial charge in [0, 0.05) is 37.5 Å². The second-order valence-electron chi connectivity index (χ2n) is 6.82. The molecule has 0 bridgehead atoms. The summed E-state index contributed by atoms with van der Waals surface area (Å²) in [4.78, 5) is 2.56. The summed E-state index contributed by atoms with van der Waals surface area (Å²) in [6, 6.07) is 11.1. The quantitative estimate of drug-likeness (QED) is 0.899. The van der Waals surface area contributed by atoms with Crippen LogP contribution < -0.4 is 10.2 Å². The molecule has 6 nitrogen and oxygen atoms in total. The molecule has 0 unspecified atom stereocenters. The summed E-state index contributed by atoms with van der Waals surface area (Å²) in [7, 11) is -3.18. The van der Waals surface area contributed by atoms with Gasteiger partial charge in [-0.15, -0.1) is 10.2 Å². The van der Waals surface area contributed by atoms with Gasteiger partial charge < -0.3 is 10.2 Å². The molecule has 2 heterocycles. The second-order valence-corrected chi connectivity index (χ2v) is 8.84. The average Bonchev–Trinajstić information content (AvgIpc) is 2.61. The Morgan fingerprint density at radius 2 is 1.84 bits per heavy atom. The van der Waals surface area contributed by atoms with Crippen molar-refractivity contribution in [3.8, 4) is 11.3 Å². The minimum atomic E-state index is -3.18. The maximum Gasteiger partial charge on any atom is 0.175 e. The Hall–Kier alpha value is -1.99. The van der Waals surface area contributed by atoms with Crippen LogP contribution in [0.5, 0.6) is 0 Å². The van der Waals surface area contributed by atoms with Crippen LogP contribution in [0.25, 0.3) is 11.3 Å². The van der Waals surface area contributed by atoms with Crippen LogP contribution >= 0.6 is 0 Å². The number of piperazine rings is 1. The minimum Gasteiger partial charge on any atom is -0.352 e. The van der Waals surface area contributed by atoms with Crippen molar-refractivity contribution in [1.82, 2.24) is 15.5 Å². The third-order valence-electron chi connectivity index (χ3n) is 4.56. The van der Waals surface area contributed by atoms with Crippen LogP contribution in [0.1, 0.15) is 13.8 Å². The molecular weight excluding hydrogens is 336 g/mol. The number of sulfone groups is 1. The van der Waals surface area contributed by atoms with E-state index in [1.54, 1.807) is 24.3 Å². The van der Waals surface area contributed by atoms with E-state index >= 15 is 0 Å². The first kappa shape index (κ1) is 17.8. The lowest BCUT2D eigenvalue weighted by atomic mass is 10.0. The number of hydrogen-bond acceptors (Lipinski definition) is 6. The van der Waals surface area contributed by atoms with E-state index in [4.69, 9.17) is 0 Å². The molecule has 0 radical (unpaired) electrons. The van der Waals surface area contributed by atoms with Crippen LogP contribution in [-0.2, 0) is 9.84 Å². The van der Waals surface area contributed by atoms with Crippen molar-refractivity contribution in [2.45, 2.75) is 24.8 Å². The summed E-state index contributed by atoms with van der Waals surface area (Å²) >= 11 is 0. The fourth-order valence-corrected chi connectivity index (χ4v) is 3.58. The third-order valence-corrected chi connectivity index (χ3v) is 5.69. The summed E-state index contributed by atoms with van der Waals surface area (Å²) in [5, 5.41) is 12.2. The van der Waals surface area contributed by atoms with Gasteiger partial charge in [-0.3, -0.25) is 0 Å². The fraction of sp³-hybridized carbons (Fsp3) is 0.444. The molecular formula is C18H24N4O2S. The van der Waals surface area contributed by atoms with E-state index in [9.17, 15) is 8.42 Å². The molecule has 0 amide bonds. The molecule has 7 heteroatoms. The minimum absolute atomic E-state index is 0.307. The molecule has 0 saturated carbocycles. The molecule has 1 fully saturated rings. The Labute approximate surface area is 149 Å². The normalized spacial score (nSPS) is 18.6. The van der Waals surface area contributed by atoms with Gasteiger partial charge in [-0.25, -0.2) is 8.42 Å². The molecule has 1 aromatic heterocycles. The van der Waals surface area contributed by atoms with Gasteiger partial charge in [0.2, 0.25) is 0 Å².